The van der Waals surface area contributed by atoms with Crippen molar-refractivity contribution < 1.29 is 14.3 Å². The molecule has 4 nitrogen and oxygen atoms in total. The third-order valence-corrected chi connectivity index (χ3v) is 2.74. The van der Waals surface area contributed by atoms with Crippen molar-refractivity contribution in [2.75, 3.05) is 7.11 Å². The number of ether oxygens (including phenoxy) is 1. The normalized spacial score (nSPS) is 19.3. The van der Waals surface area contributed by atoms with Crippen molar-refractivity contribution in [1.82, 2.24) is 5.32 Å². The van der Waals surface area contributed by atoms with Crippen molar-refractivity contribution in [2.45, 2.75) is 18.9 Å². The first-order valence-electron chi connectivity index (χ1n) is 5.19. The maximum Gasteiger partial charge on any atom is 0.338 e. The van der Waals surface area contributed by atoms with Crippen molar-refractivity contribution in [3.63, 3.8) is 0 Å². The fourth-order valence-corrected chi connectivity index (χ4v) is 1.94. The highest BCUT2D eigenvalue weighted by atomic mass is 16.5. The van der Waals surface area contributed by atoms with E-state index < -0.39 is 0 Å². The van der Waals surface area contributed by atoms with Gasteiger partial charge in [-0.05, 0) is 18.1 Å². The molecule has 1 heterocycles. The molecule has 1 aliphatic rings. The quantitative estimate of drug-likeness (QED) is 0.765. The summed E-state index contributed by atoms with van der Waals surface area (Å²) in [5.41, 5.74) is 1.36. The van der Waals surface area contributed by atoms with E-state index in [1.165, 1.54) is 7.11 Å². The van der Waals surface area contributed by atoms with Gasteiger partial charge in [0, 0.05) is 6.42 Å². The van der Waals surface area contributed by atoms with Crippen LogP contribution in [0.15, 0.2) is 24.3 Å². The van der Waals surface area contributed by atoms with Gasteiger partial charge in [-0.15, -0.1) is 0 Å². The van der Waals surface area contributed by atoms with Crippen LogP contribution in [0.2, 0.25) is 0 Å². The zero-order valence-corrected chi connectivity index (χ0v) is 9.03. The second-order valence-electron chi connectivity index (χ2n) is 3.74. The second-order valence-corrected chi connectivity index (χ2v) is 3.74. The molecule has 16 heavy (non-hydrogen) atoms. The van der Waals surface area contributed by atoms with Crippen LogP contribution in [0.4, 0.5) is 0 Å². The Balaban J connectivity index is 2.33. The molecule has 1 N–H and O–H groups in total. The number of rotatable bonds is 2. The van der Waals surface area contributed by atoms with Crippen LogP contribution in [0.1, 0.15) is 34.8 Å². The number of carbonyl (C=O) groups is 2. The molecule has 1 aliphatic heterocycles. The third kappa shape index (κ3) is 1.91. The summed E-state index contributed by atoms with van der Waals surface area (Å²) in [6.07, 6.45) is 1.24. The molecule has 1 saturated heterocycles. The highest BCUT2D eigenvalue weighted by Crippen LogP contribution is 2.26. The van der Waals surface area contributed by atoms with Gasteiger partial charge in [0.05, 0.1) is 18.7 Å². The molecule has 0 aromatic heterocycles. The molecule has 0 saturated carbocycles. The van der Waals surface area contributed by atoms with Crippen LogP contribution in [0.25, 0.3) is 0 Å². The summed E-state index contributed by atoms with van der Waals surface area (Å²) in [6.45, 7) is 0. The minimum atomic E-state index is -0.364. The number of carbonyl (C=O) groups excluding carboxylic acids is 2. The Morgan fingerprint density at radius 2 is 2.19 bits per heavy atom. The summed E-state index contributed by atoms with van der Waals surface area (Å²) in [4.78, 5) is 22.7. The number of benzene rings is 1. The van der Waals surface area contributed by atoms with Crippen molar-refractivity contribution in [3.8, 4) is 0 Å². The average Bonchev–Trinajstić information content (AvgIpc) is 2.75. The molecule has 1 atom stereocenters. The summed E-state index contributed by atoms with van der Waals surface area (Å²) in [5, 5.41) is 2.84. The molecule has 0 bridgehead atoms. The molecule has 0 radical (unpaired) electrons. The highest BCUT2D eigenvalue weighted by Gasteiger charge is 2.26. The first-order valence-corrected chi connectivity index (χ1v) is 5.19. The number of methoxy groups -OCH3 is 1. The summed E-state index contributed by atoms with van der Waals surface area (Å²) in [5.74, 6) is -0.332. The molecule has 1 aromatic carbocycles. The molecule has 0 unspecified atom stereocenters. The topological polar surface area (TPSA) is 55.4 Å². The second kappa shape index (κ2) is 4.35. The summed E-state index contributed by atoms with van der Waals surface area (Å²) in [7, 11) is 1.35. The van der Waals surface area contributed by atoms with Crippen LogP contribution < -0.4 is 5.32 Å². The zero-order valence-electron chi connectivity index (χ0n) is 9.03. The van der Waals surface area contributed by atoms with Crippen molar-refractivity contribution in [2.24, 2.45) is 0 Å². The molecule has 1 aromatic rings. The monoisotopic (exact) mass is 219 g/mol. The predicted molar refractivity (Wildman–Crippen MR) is 57.9 cm³/mol. The van der Waals surface area contributed by atoms with E-state index in [9.17, 15) is 9.59 Å². The van der Waals surface area contributed by atoms with Crippen LogP contribution >= 0.6 is 0 Å². The van der Waals surface area contributed by atoms with E-state index in [0.29, 0.717) is 12.0 Å². The minimum Gasteiger partial charge on any atom is -0.465 e. The number of nitrogens with one attached hydrogen (secondary N) is 1. The third-order valence-electron chi connectivity index (χ3n) is 2.74. The van der Waals surface area contributed by atoms with E-state index >= 15 is 0 Å². The van der Waals surface area contributed by atoms with Gasteiger partial charge in [0.25, 0.3) is 0 Å². The molecule has 1 amide bonds. The van der Waals surface area contributed by atoms with E-state index in [-0.39, 0.29) is 17.9 Å². The Kier molecular flexibility index (Phi) is 2.90. The van der Waals surface area contributed by atoms with Gasteiger partial charge < -0.3 is 10.1 Å². The van der Waals surface area contributed by atoms with Gasteiger partial charge in [0.2, 0.25) is 5.91 Å². The van der Waals surface area contributed by atoms with E-state index in [0.717, 1.165) is 12.0 Å². The lowest BCUT2D eigenvalue weighted by atomic mass is 9.99. The Bertz CT molecular complexity index is 428. The number of hydrogen-bond acceptors (Lipinski definition) is 3. The Hall–Kier alpha value is -1.84. The van der Waals surface area contributed by atoms with Crippen LogP contribution in [0.3, 0.4) is 0 Å². The first-order chi connectivity index (χ1) is 7.72. The molecule has 84 valence electrons. The SMILES string of the molecule is COC(=O)c1ccccc1[C@@H]1CCC(=O)N1. The van der Waals surface area contributed by atoms with Crippen LogP contribution in [-0.4, -0.2) is 19.0 Å². The zero-order chi connectivity index (χ0) is 11.5. The minimum absolute atomic E-state index is 0.0321. The van der Waals surface area contributed by atoms with Gasteiger partial charge in [-0.2, -0.15) is 0 Å². The summed E-state index contributed by atoms with van der Waals surface area (Å²) >= 11 is 0. The molecule has 2 rings (SSSR count). The molecule has 4 heteroatoms. The lowest BCUT2D eigenvalue weighted by Crippen LogP contribution is -2.20. The predicted octanol–water partition coefficient (Wildman–Crippen LogP) is 1.42. The first kappa shape index (κ1) is 10.7. The van der Waals surface area contributed by atoms with E-state index in [1.54, 1.807) is 12.1 Å². The lowest BCUT2D eigenvalue weighted by Gasteiger charge is -2.13. The van der Waals surface area contributed by atoms with Gasteiger partial charge in [0.1, 0.15) is 0 Å². The number of amides is 1. The molecule has 0 spiro atoms. The van der Waals surface area contributed by atoms with Crippen LogP contribution in [0.5, 0.6) is 0 Å². The van der Waals surface area contributed by atoms with Crippen LogP contribution in [0, 0.1) is 0 Å². The molecular weight excluding hydrogens is 206 g/mol. The van der Waals surface area contributed by atoms with Crippen LogP contribution in [-0.2, 0) is 9.53 Å². The van der Waals surface area contributed by atoms with Gasteiger partial charge in [-0.3, -0.25) is 4.79 Å². The highest BCUT2D eigenvalue weighted by molar-refractivity contribution is 5.91. The van der Waals surface area contributed by atoms with E-state index in [1.807, 2.05) is 12.1 Å². The van der Waals surface area contributed by atoms with Crippen molar-refractivity contribution in [3.05, 3.63) is 35.4 Å². The number of esters is 1. The summed E-state index contributed by atoms with van der Waals surface area (Å²) < 4.78 is 4.71. The van der Waals surface area contributed by atoms with E-state index in [4.69, 9.17) is 4.74 Å². The Morgan fingerprint density at radius 3 is 2.81 bits per heavy atom. The van der Waals surface area contributed by atoms with Crippen molar-refractivity contribution in [1.29, 1.82) is 0 Å². The molecule has 1 fully saturated rings. The standard InChI is InChI=1S/C12H13NO3/c1-16-12(15)9-5-3-2-4-8(9)10-6-7-11(14)13-10/h2-5,10H,6-7H2,1H3,(H,13,14)/t10-/m0/s1. The lowest BCUT2D eigenvalue weighted by molar-refractivity contribution is -0.119. The molecule has 0 aliphatic carbocycles. The summed E-state index contributed by atoms with van der Waals surface area (Å²) in [6, 6.07) is 7.13. The van der Waals surface area contributed by atoms with E-state index in [2.05, 4.69) is 5.32 Å². The fourth-order valence-electron chi connectivity index (χ4n) is 1.94. The van der Waals surface area contributed by atoms with Gasteiger partial charge in [-0.1, -0.05) is 18.2 Å². The largest absolute Gasteiger partial charge is 0.465 e. The Labute approximate surface area is 93.6 Å². The van der Waals surface area contributed by atoms with Gasteiger partial charge in [-0.25, -0.2) is 4.79 Å². The molecular formula is C12H13NO3. The van der Waals surface area contributed by atoms with Gasteiger partial charge >= 0.3 is 5.97 Å². The van der Waals surface area contributed by atoms with Gasteiger partial charge in [0.15, 0.2) is 0 Å². The smallest absolute Gasteiger partial charge is 0.338 e. The average molecular weight is 219 g/mol. The maximum atomic E-state index is 11.5. The number of hydrogen-bond donors (Lipinski definition) is 1. The maximum absolute atomic E-state index is 11.5. The Morgan fingerprint density at radius 1 is 1.44 bits per heavy atom. The fraction of sp³-hybridized carbons (Fsp3) is 0.333. The van der Waals surface area contributed by atoms with Crippen molar-refractivity contribution >= 4 is 11.9 Å².